The summed E-state index contributed by atoms with van der Waals surface area (Å²) in [5, 5.41) is 1.27. The first-order chi connectivity index (χ1) is 6.68. The van der Waals surface area contributed by atoms with Gasteiger partial charge in [0.1, 0.15) is 10.8 Å². The molecule has 1 atom stereocenters. The largest absolute Gasteiger partial charge is 0.383 e. The molecule has 2 N–H and O–H groups in total. The maximum absolute atomic E-state index is 5.75. The summed E-state index contributed by atoms with van der Waals surface area (Å²) in [5.74, 6) is 1.50. The smallest absolute Gasteiger partial charge is 0.142 e. The average molecular weight is 211 g/mol. The first-order valence-electron chi connectivity index (χ1n) is 5.15. The van der Waals surface area contributed by atoms with Gasteiger partial charge in [-0.15, -0.1) is 0 Å². The van der Waals surface area contributed by atoms with E-state index in [-0.39, 0.29) is 0 Å². The number of hydrogen-bond acceptors (Lipinski definition) is 4. The fourth-order valence-electron chi connectivity index (χ4n) is 2.01. The maximum atomic E-state index is 5.75. The number of piperidine rings is 1. The van der Waals surface area contributed by atoms with E-state index in [2.05, 4.69) is 23.1 Å². The molecule has 2 heterocycles. The molecule has 1 aromatic rings. The molecule has 0 amide bonds. The van der Waals surface area contributed by atoms with Crippen molar-refractivity contribution in [1.82, 2.24) is 4.37 Å². The molecular formula is C10H17N3S. The number of nitrogens with two attached hydrogens (primary N) is 1. The van der Waals surface area contributed by atoms with Gasteiger partial charge < -0.3 is 10.6 Å². The molecule has 1 saturated heterocycles. The van der Waals surface area contributed by atoms with Crippen molar-refractivity contribution in [2.45, 2.75) is 26.7 Å². The molecule has 1 unspecified atom stereocenters. The molecule has 1 aliphatic rings. The minimum absolute atomic E-state index is 0.697. The second-order valence-corrected chi connectivity index (χ2v) is 4.94. The minimum atomic E-state index is 0.697. The molecule has 1 fully saturated rings. The van der Waals surface area contributed by atoms with Crippen LogP contribution in [0.25, 0.3) is 0 Å². The van der Waals surface area contributed by atoms with Gasteiger partial charge in [0, 0.05) is 18.7 Å². The summed E-state index contributed by atoms with van der Waals surface area (Å²) in [6.07, 6.45) is 2.64. The first-order valence-corrected chi connectivity index (χ1v) is 5.92. The highest BCUT2D eigenvalue weighted by atomic mass is 32.1. The summed E-state index contributed by atoms with van der Waals surface area (Å²) in [6, 6.07) is 0. The van der Waals surface area contributed by atoms with Gasteiger partial charge in [-0.1, -0.05) is 6.92 Å². The summed E-state index contributed by atoms with van der Waals surface area (Å²) < 4.78 is 4.19. The Morgan fingerprint density at radius 2 is 2.36 bits per heavy atom. The molecule has 0 aromatic carbocycles. The topological polar surface area (TPSA) is 42.1 Å². The number of rotatable bonds is 1. The zero-order chi connectivity index (χ0) is 10.1. The summed E-state index contributed by atoms with van der Waals surface area (Å²) >= 11 is 1.54. The second-order valence-electron chi connectivity index (χ2n) is 4.19. The van der Waals surface area contributed by atoms with E-state index >= 15 is 0 Å². The highest BCUT2D eigenvalue weighted by Crippen LogP contribution is 2.32. The van der Waals surface area contributed by atoms with Gasteiger partial charge in [0.15, 0.2) is 0 Å². The predicted octanol–water partition coefficient (Wildman–Crippen LogP) is 2.27. The Kier molecular flexibility index (Phi) is 2.63. The number of aromatic nitrogens is 1. The highest BCUT2D eigenvalue weighted by Gasteiger charge is 2.20. The van der Waals surface area contributed by atoms with Crippen LogP contribution in [0.1, 0.15) is 25.3 Å². The Balaban J connectivity index is 2.18. The van der Waals surface area contributed by atoms with Gasteiger partial charge in [-0.2, -0.15) is 4.37 Å². The van der Waals surface area contributed by atoms with E-state index in [9.17, 15) is 0 Å². The van der Waals surface area contributed by atoms with Gasteiger partial charge in [-0.3, -0.25) is 0 Å². The van der Waals surface area contributed by atoms with Crippen molar-refractivity contribution in [2.75, 3.05) is 23.7 Å². The molecule has 14 heavy (non-hydrogen) atoms. The lowest BCUT2D eigenvalue weighted by molar-refractivity contribution is 0.448. The minimum Gasteiger partial charge on any atom is -0.383 e. The average Bonchev–Trinajstić information content (AvgIpc) is 2.48. The van der Waals surface area contributed by atoms with Gasteiger partial charge in [-0.05, 0) is 37.2 Å². The first kappa shape index (κ1) is 9.77. The predicted molar refractivity (Wildman–Crippen MR) is 61.9 cm³/mol. The summed E-state index contributed by atoms with van der Waals surface area (Å²) in [7, 11) is 0. The summed E-state index contributed by atoms with van der Waals surface area (Å²) in [5.41, 5.74) is 6.91. The van der Waals surface area contributed by atoms with Crippen LogP contribution >= 0.6 is 11.5 Å². The van der Waals surface area contributed by atoms with Crippen molar-refractivity contribution in [1.29, 1.82) is 0 Å². The van der Waals surface area contributed by atoms with Crippen molar-refractivity contribution in [3.63, 3.8) is 0 Å². The van der Waals surface area contributed by atoms with E-state index in [1.807, 2.05) is 0 Å². The number of nitrogens with zero attached hydrogens (tertiary/aromatic N) is 2. The third kappa shape index (κ3) is 1.71. The van der Waals surface area contributed by atoms with Crippen molar-refractivity contribution in [3.05, 3.63) is 5.56 Å². The van der Waals surface area contributed by atoms with Gasteiger partial charge in [0.2, 0.25) is 0 Å². The molecule has 2 rings (SSSR count). The van der Waals surface area contributed by atoms with Crippen LogP contribution in [-0.4, -0.2) is 17.5 Å². The van der Waals surface area contributed by atoms with E-state index in [1.165, 1.54) is 29.4 Å². The fraction of sp³-hybridized carbons (Fsp3) is 0.700. The standard InChI is InChI=1S/C10H17N3S/c1-7-4-3-5-13(6-7)10-8(2)9(11)12-14-10/h7H,3-6H2,1-2H3,(H2,11,12). The lowest BCUT2D eigenvalue weighted by Crippen LogP contribution is -2.34. The number of anilines is 2. The van der Waals surface area contributed by atoms with Gasteiger partial charge in [-0.25, -0.2) is 0 Å². The number of hydrogen-bond donors (Lipinski definition) is 1. The van der Waals surface area contributed by atoms with Crippen LogP contribution in [0.15, 0.2) is 0 Å². The fourth-order valence-corrected chi connectivity index (χ4v) is 2.85. The van der Waals surface area contributed by atoms with Crippen LogP contribution in [-0.2, 0) is 0 Å². The Labute approximate surface area is 89.1 Å². The molecule has 0 bridgehead atoms. The van der Waals surface area contributed by atoms with Crippen LogP contribution < -0.4 is 10.6 Å². The summed E-state index contributed by atoms with van der Waals surface area (Å²) in [4.78, 5) is 2.43. The van der Waals surface area contributed by atoms with Crippen LogP contribution in [0, 0.1) is 12.8 Å². The molecule has 1 aromatic heterocycles. The normalized spacial score (nSPS) is 22.7. The third-order valence-electron chi connectivity index (χ3n) is 2.88. The van der Waals surface area contributed by atoms with Gasteiger partial charge in [0.05, 0.1) is 0 Å². The van der Waals surface area contributed by atoms with Crippen LogP contribution in [0.3, 0.4) is 0 Å². The quantitative estimate of drug-likeness (QED) is 0.775. The SMILES string of the molecule is Cc1c(N)nsc1N1CCCC(C)C1. The molecule has 0 aliphatic carbocycles. The molecule has 3 nitrogen and oxygen atoms in total. The molecule has 1 aliphatic heterocycles. The van der Waals surface area contributed by atoms with Crippen molar-refractivity contribution < 1.29 is 0 Å². The molecular weight excluding hydrogens is 194 g/mol. The Morgan fingerprint density at radius 1 is 1.57 bits per heavy atom. The van der Waals surface area contributed by atoms with E-state index in [0.29, 0.717) is 5.82 Å². The van der Waals surface area contributed by atoms with E-state index in [1.54, 1.807) is 0 Å². The number of nitrogen functional groups attached to an aromatic ring is 1. The van der Waals surface area contributed by atoms with Crippen molar-refractivity contribution >= 4 is 22.4 Å². The zero-order valence-electron chi connectivity index (χ0n) is 8.79. The van der Waals surface area contributed by atoms with Crippen molar-refractivity contribution in [2.24, 2.45) is 5.92 Å². The Bertz CT molecular complexity index is 321. The Morgan fingerprint density at radius 3 is 2.93 bits per heavy atom. The lowest BCUT2D eigenvalue weighted by Gasteiger charge is -2.31. The summed E-state index contributed by atoms with van der Waals surface area (Å²) in [6.45, 7) is 6.69. The Hall–Kier alpha value is -0.770. The monoisotopic (exact) mass is 211 g/mol. The van der Waals surface area contributed by atoms with E-state index < -0.39 is 0 Å². The molecule has 0 saturated carbocycles. The maximum Gasteiger partial charge on any atom is 0.142 e. The zero-order valence-corrected chi connectivity index (χ0v) is 9.60. The van der Waals surface area contributed by atoms with E-state index in [0.717, 1.165) is 24.6 Å². The third-order valence-corrected chi connectivity index (χ3v) is 3.91. The van der Waals surface area contributed by atoms with Crippen LogP contribution in [0.2, 0.25) is 0 Å². The second kappa shape index (κ2) is 3.77. The molecule has 4 heteroatoms. The molecule has 0 spiro atoms. The van der Waals surface area contributed by atoms with Crippen LogP contribution in [0.4, 0.5) is 10.8 Å². The van der Waals surface area contributed by atoms with Gasteiger partial charge >= 0.3 is 0 Å². The lowest BCUT2D eigenvalue weighted by atomic mass is 10.0. The highest BCUT2D eigenvalue weighted by molar-refractivity contribution is 7.10. The van der Waals surface area contributed by atoms with Crippen LogP contribution in [0.5, 0.6) is 0 Å². The van der Waals surface area contributed by atoms with Gasteiger partial charge in [0.25, 0.3) is 0 Å². The van der Waals surface area contributed by atoms with E-state index in [4.69, 9.17) is 5.73 Å². The van der Waals surface area contributed by atoms with Crippen molar-refractivity contribution in [3.8, 4) is 0 Å². The molecule has 0 radical (unpaired) electrons. The molecule has 78 valence electrons.